The Bertz CT molecular complexity index is 370. The Kier molecular flexibility index (Phi) is 3.62. The predicted molar refractivity (Wildman–Crippen MR) is 51.9 cm³/mol. The van der Waals surface area contributed by atoms with Crippen molar-refractivity contribution in [3.05, 3.63) is 30.3 Å². The number of sulfonamides is 1. The molecular weight excluding hydrogens is 202 g/mol. The summed E-state index contributed by atoms with van der Waals surface area (Å²) in [5.74, 6) is 0. The molecule has 0 heterocycles. The standard InChI is InChI=1S/C9H12NO3S/c1-3-10(13-2)14(11,12)9-7-5-4-6-8-9/h4-7H,3H2,1-2H3. The van der Waals surface area contributed by atoms with E-state index >= 15 is 0 Å². The fraction of sp³-hybridized carbons (Fsp3) is 0.333. The van der Waals surface area contributed by atoms with E-state index in [0.717, 1.165) is 4.47 Å². The number of hydrogen-bond donors (Lipinski definition) is 0. The largest absolute Gasteiger partial charge is 0.287 e. The first-order chi connectivity index (χ1) is 6.62. The normalized spacial score (nSPS) is 11.9. The maximum Gasteiger partial charge on any atom is 0.265 e. The van der Waals surface area contributed by atoms with Gasteiger partial charge in [0.1, 0.15) is 0 Å². The number of hydrogen-bond acceptors (Lipinski definition) is 3. The van der Waals surface area contributed by atoms with E-state index < -0.39 is 10.0 Å². The summed E-state index contributed by atoms with van der Waals surface area (Å²) in [5, 5.41) is 0. The van der Waals surface area contributed by atoms with E-state index in [0.29, 0.717) is 0 Å². The second kappa shape index (κ2) is 4.54. The number of rotatable bonds is 4. The molecule has 0 amide bonds. The molecule has 0 N–H and O–H groups in total. The minimum absolute atomic E-state index is 0.115. The van der Waals surface area contributed by atoms with E-state index in [2.05, 4.69) is 6.07 Å². The molecule has 0 aliphatic rings. The van der Waals surface area contributed by atoms with Crippen LogP contribution >= 0.6 is 0 Å². The first-order valence-electron chi connectivity index (χ1n) is 4.16. The van der Waals surface area contributed by atoms with Crippen LogP contribution in [0.1, 0.15) is 6.92 Å². The quantitative estimate of drug-likeness (QED) is 0.704. The molecule has 0 aliphatic carbocycles. The van der Waals surface area contributed by atoms with Gasteiger partial charge in [-0.2, -0.15) is 0 Å². The summed E-state index contributed by atoms with van der Waals surface area (Å²) in [7, 11) is -2.22. The molecular formula is C9H12NO3S. The Morgan fingerprint density at radius 2 is 2.21 bits per heavy atom. The van der Waals surface area contributed by atoms with Crippen molar-refractivity contribution in [3.63, 3.8) is 0 Å². The smallest absolute Gasteiger partial charge is 0.265 e. The van der Waals surface area contributed by atoms with Crippen molar-refractivity contribution in [2.75, 3.05) is 13.7 Å². The van der Waals surface area contributed by atoms with Crippen molar-refractivity contribution in [2.24, 2.45) is 0 Å². The highest BCUT2D eigenvalue weighted by molar-refractivity contribution is 7.89. The number of benzene rings is 1. The Balaban J connectivity index is 3.08. The molecule has 14 heavy (non-hydrogen) atoms. The van der Waals surface area contributed by atoms with Crippen LogP contribution in [-0.4, -0.2) is 26.5 Å². The monoisotopic (exact) mass is 214 g/mol. The first kappa shape index (κ1) is 11.2. The topological polar surface area (TPSA) is 46.6 Å². The van der Waals surface area contributed by atoms with Gasteiger partial charge in [-0.25, -0.2) is 8.42 Å². The van der Waals surface area contributed by atoms with E-state index in [4.69, 9.17) is 4.84 Å². The third-order valence-corrected chi connectivity index (χ3v) is 3.44. The van der Waals surface area contributed by atoms with Crippen LogP contribution in [-0.2, 0) is 14.9 Å². The molecule has 0 saturated carbocycles. The van der Waals surface area contributed by atoms with Crippen LogP contribution in [0.25, 0.3) is 0 Å². The molecule has 77 valence electrons. The molecule has 0 unspecified atom stereocenters. The SMILES string of the molecule is CCN(OC)S(=O)(=O)c1[c]cccc1. The molecule has 1 aromatic rings. The Morgan fingerprint density at radius 1 is 1.50 bits per heavy atom. The molecule has 0 aromatic heterocycles. The summed E-state index contributed by atoms with van der Waals surface area (Å²) >= 11 is 0. The zero-order chi connectivity index (χ0) is 10.6. The van der Waals surface area contributed by atoms with Gasteiger partial charge in [0.2, 0.25) is 0 Å². The zero-order valence-corrected chi connectivity index (χ0v) is 8.91. The maximum atomic E-state index is 11.8. The molecule has 1 rings (SSSR count). The fourth-order valence-corrected chi connectivity index (χ4v) is 2.27. The molecule has 0 bridgehead atoms. The molecule has 0 spiro atoms. The van der Waals surface area contributed by atoms with Gasteiger partial charge < -0.3 is 0 Å². The predicted octanol–water partition coefficient (Wildman–Crippen LogP) is 1.06. The molecule has 0 aliphatic heterocycles. The van der Waals surface area contributed by atoms with Gasteiger partial charge >= 0.3 is 0 Å². The zero-order valence-electron chi connectivity index (χ0n) is 8.10. The molecule has 0 fully saturated rings. The summed E-state index contributed by atoms with van der Waals surface area (Å²) in [6.07, 6.45) is 0. The summed E-state index contributed by atoms with van der Waals surface area (Å²) in [6, 6.07) is 9.04. The summed E-state index contributed by atoms with van der Waals surface area (Å²) in [5.41, 5.74) is 0. The van der Waals surface area contributed by atoms with E-state index in [-0.39, 0.29) is 11.4 Å². The van der Waals surface area contributed by atoms with Crippen molar-refractivity contribution in [1.82, 2.24) is 4.47 Å². The van der Waals surface area contributed by atoms with E-state index in [1.807, 2.05) is 0 Å². The van der Waals surface area contributed by atoms with Crippen LogP contribution in [0.2, 0.25) is 0 Å². The highest BCUT2D eigenvalue weighted by atomic mass is 32.2. The molecule has 4 nitrogen and oxygen atoms in total. The first-order valence-corrected chi connectivity index (χ1v) is 5.60. The fourth-order valence-electron chi connectivity index (χ4n) is 1.04. The van der Waals surface area contributed by atoms with Gasteiger partial charge in [0.05, 0.1) is 12.0 Å². The molecule has 0 atom stereocenters. The minimum Gasteiger partial charge on any atom is -0.287 e. The number of hydroxylamine groups is 1. The van der Waals surface area contributed by atoms with Gasteiger partial charge in [-0.15, -0.1) is 0 Å². The Labute approximate surface area is 84.1 Å². The van der Waals surface area contributed by atoms with Gasteiger partial charge in [-0.3, -0.25) is 4.84 Å². The van der Waals surface area contributed by atoms with Gasteiger partial charge in [-0.05, 0) is 13.0 Å². The minimum atomic E-state index is -3.55. The van der Waals surface area contributed by atoms with Crippen LogP contribution < -0.4 is 0 Å². The highest BCUT2D eigenvalue weighted by Crippen LogP contribution is 2.13. The van der Waals surface area contributed by atoms with Gasteiger partial charge in [0.25, 0.3) is 10.0 Å². The summed E-state index contributed by atoms with van der Waals surface area (Å²) in [4.78, 5) is 4.86. The van der Waals surface area contributed by atoms with Gasteiger partial charge in [-0.1, -0.05) is 22.7 Å². The lowest BCUT2D eigenvalue weighted by molar-refractivity contribution is -0.0443. The second-order valence-electron chi connectivity index (χ2n) is 2.53. The lowest BCUT2D eigenvalue weighted by Crippen LogP contribution is -2.29. The van der Waals surface area contributed by atoms with Crippen molar-refractivity contribution < 1.29 is 13.3 Å². The number of nitrogens with zero attached hydrogens (tertiary/aromatic N) is 1. The van der Waals surface area contributed by atoms with Crippen molar-refractivity contribution in [3.8, 4) is 0 Å². The van der Waals surface area contributed by atoms with Crippen LogP contribution in [0.15, 0.2) is 29.2 Å². The summed E-state index contributed by atoms with van der Waals surface area (Å²) < 4.78 is 24.4. The average Bonchev–Trinajstić information content (AvgIpc) is 2.20. The van der Waals surface area contributed by atoms with Gasteiger partial charge in [0.15, 0.2) is 0 Å². The molecule has 0 saturated heterocycles. The van der Waals surface area contributed by atoms with Crippen molar-refractivity contribution in [2.45, 2.75) is 11.8 Å². The van der Waals surface area contributed by atoms with Crippen LogP contribution in [0.3, 0.4) is 0 Å². The maximum absolute atomic E-state index is 11.8. The third kappa shape index (κ3) is 2.12. The third-order valence-electron chi connectivity index (χ3n) is 1.69. The Hall–Kier alpha value is -0.910. The van der Waals surface area contributed by atoms with Gasteiger partial charge in [0, 0.05) is 12.6 Å². The second-order valence-corrected chi connectivity index (χ2v) is 4.33. The van der Waals surface area contributed by atoms with Crippen molar-refractivity contribution >= 4 is 10.0 Å². The van der Waals surface area contributed by atoms with E-state index in [9.17, 15) is 8.42 Å². The van der Waals surface area contributed by atoms with E-state index in [1.165, 1.54) is 13.2 Å². The summed E-state index contributed by atoms with van der Waals surface area (Å²) in [6.45, 7) is 1.96. The molecule has 5 heteroatoms. The van der Waals surface area contributed by atoms with Crippen LogP contribution in [0.4, 0.5) is 0 Å². The Morgan fingerprint density at radius 3 is 2.64 bits per heavy atom. The lowest BCUT2D eigenvalue weighted by atomic mass is 10.4. The van der Waals surface area contributed by atoms with Crippen LogP contribution in [0, 0.1) is 6.07 Å². The average molecular weight is 214 g/mol. The van der Waals surface area contributed by atoms with Crippen molar-refractivity contribution in [1.29, 1.82) is 0 Å². The van der Waals surface area contributed by atoms with E-state index in [1.54, 1.807) is 25.1 Å². The highest BCUT2D eigenvalue weighted by Gasteiger charge is 2.22. The van der Waals surface area contributed by atoms with Crippen LogP contribution in [0.5, 0.6) is 0 Å². The molecule has 1 radical (unpaired) electrons. The molecule has 1 aromatic carbocycles. The lowest BCUT2D eigenvalue weighted by Gasteiger charge is -2.16.